The minimum Gasteiger partial charge on any atom is -0.453 e. The molecule has 2 aromatic carbocycles. The van der Waals surface area contributed by atoms with Crippen LogP contribution >= 0.6 is 0 Å². The van der Waals surface area contributed by atoms with E-state index in [1.165, 1.54) is 11.1 Å². The first-order valence-corrected chi connectivity index (χ1v) is 8.20. The highest BCUT2D eigenvalue weighted by Crippen LogP contribution is 2.47. The van der Waals surface area contributed by atoms with Crippen LogP contribution in [0.1, 0.15) is 57.1 Å². The normalized spacial score (nSPS) is 14.4. The number of anilines is 2. The van der Waals surface area contributed by atoms with Crippen LogP contribution in [0.3, 0.4) is 0 Å². The monoisotopic (exact) mass is 295 g/mol. The van der Waals surface area contributed by atoms with E-state index in [0.29, 0.717) is 11.8 Å². The number of ether oxygens (including phenoxy) is 1. The zero-order valence-corrected chi connectivity index (χ0v) is 14.2. The van der Waals surface area contributed by atoms with Gasteiger partial charge in [-0.15, -0.1) is 0 Å². The molecule has 0 aromatic heterocycles. The third-order valence-electron chi connectivity index (χ3n) is 4.76. The fourth-order valence-corrected chi connectivity index (χ4v) is 2.92. The van der Waals surface area contributed by atoms with Gasteiger partial charge in [-0.3, -0.25) is 0 Å². The van der Waals surface area contributed by atoms with Crippen molar-refractivity contribution in [1.82, 2.24) is 0 Å². The van der Waals surface area contributed by atoms with E-state index in [0.717, 1.165) is 29.3 Å². The lowest BCUT2D eigenvalue weighted by atomic mass is 9.97. The molecule has 0 fully saturated rings. The number of hydrogen-bond acceptors (Lipinski definition) is 2. The molecule has 1 aliphatic heterocycles. The number of benzene rings is 2. The third-order valence-corrected chi connectivity index (χ3v) is 4.76. The molecule has 2 heteroatoms. The average molecular weight is 295 g/mol. The van der Waals surface area contributed by atoms with Crippen molar-refractivity contribution in [2.75, 3.05) is 11.9 Å². The fourth-order valence-electron chi connectivity index (χ4n) is 2.92. The van der Waals surface area contributed by atoms with Gasteiger partial charge in [-0.2, -0.15) is 0 Å². The zero-order chi connectivity index (χ0) is 15.9. The Morgan fingerprint density at radius 3 is 2.32 bits per heavy atom. The summed E-state index contributed by atoms with van der Waals surface area (Å²) in [6.07, 6.45) is 1.14. The van der Waals surface area contributed by atoms with Gasteiger partial charge in [0.2, 0.25) is 0 Å². The van der Waals surface area contributed by atoms with Crippen LogP contribution in [0.15, 0.2) is 36.4 Å². The summed E-state index contributed by atoms with van der Waals surface area (Å²) in [6.45, 7) is 8.92. The van der Waals surface area contributed by atoms with Crippen LogP contribution in [0.2, 0.25) is 0 Å². The predicted octanol–water partition coefficient (Wildman–Crippen LogP) is 6.20. The van der Waals surface area contributed by atoms with Gasteiger partial charge in [0.05, 0.1) is 11.4 Å². The van der Waals surface area contributed by atoms with E-state index in [-0.39, 0.29) is 0 Å². The molecule has 22 heavy (non-hydrogen) atoms. The van der Waals surface area contributed by atoms with E-state index in [2.05, 4.69) is 76.0 Å². The number of hydrogen-bond donors (Lipinski definition) is 0. The smallest absolute Gasteiger partial charge is 0.151 e. The van der Waals surface area contributed by atoms with Crippen LogP contribution in [-0.2, 0) is 0 Å². The molecule has 0 N–H and O–H groups in total. The van der Waals surface area contributed by atoms with Crippen LogP contribution in [0.25, 0.3) is 0 Å². The summed E-state index contributed by atoms with van der Waals surface area (Å²) in [5.74, 6) is 2.99. The Labute approximate surface area is 133 Å². The first-order valence-electron chi connectivity index (χ1n) is 8.20. The molecular weight excluding hydrogens is 270 g/mol. The molecule has 1 heterocycles. The Bertz CT molecular complexity index is 690. The Hall–Kier alpha value is -1.96. The van der Waals surface area contributed by atoms with E-state index in [1.807, 2.05) is 0 Å². The molecule has 116 valence electrons. The summed E-state index contributed by atoms with van der Waals surface area (Å²) in [6, 6.07) is 13.1. The highest BCUT2D eigenvalue weighted by molar-refractivity contribution is 5.78. The summed E-state index contributed by atoms with van der Waals surface area (Å²) in [7, 11) is 2.12. The summed E-state index contributed by atoms with van der Waals surface area (Å²) >= 11 is 0. The van der Waals surface area contributed by atoms with E-state index in [9.17, 15) is 0 Å². The molecule has 1 aliphatic rings. The standard InChI is InChI=1S/C20H25NO/c1-6-14(4)16-7-9-17-20(12-16)22-19-10-8-15(13(2)3)11-18(19)21(17)5/h7-14H,6H2,1-5H3. The van der Waals surface area contributed by atoms with Gasteiger partial charge in [-0.25, -0.2) is 0 Å². The molecule has 1 unspecified atom stereocenters. The zero-order valence-electron chi connectivity index (χ0n) is 14.2. The minimum absolute atomic E-state index is 0.521. The molecule has 2 nitrogen and oxygen atoms in total. The lowest BCUT2D eigenvalue weighted by molar-refractivity contribution is 0.473. The number of fused-ring (bicyclic) bond motifs is 2. The van der Waals surface area contributed by atoms with Gasteiger partial charge < -0.3 is 9.64 Å². The van der Waals surface area contributed by atoms with Gasteiger partial charge in [-0.1, -0.05) is 39.8 Å². The van der Waals surface area contributed by atoms with Crippen LogP contribution < -0.4 is 9.64 Å². The van der Waals surface area contributed by atoms with E-state index in [4.69, 9.17) is 4.74 Å². The van der Waals surface area contributed by atoms with E-state index in [1.54, 1.807) is 0 Å². The SMILES string of the molecule is CCC(C)c1ccc2c(c1)Oc1ccc(C(C)C)cc1N2C. The lowest BCUT2D eigenvalue weighted by Crippen LogP contribution is -2.16. The Morgan fingerprint density at radius 1 is 0.909 bits per heavy atom. The molecule has 0 spiro atoms. The van der Waals surface area contributed by atoms with Crippen molar-refractivity contribution in [3.8, 4) is 11.5 Å². The van der Waals surface area contributed by atoms with E-state index < -0.39 is 0 Å². The molecule has 0 radical (unpaired) electrons. The maximum absolute atomic E-state index is 6.18. The maximum atomic E-state index is 6.18. The van der Waals surface area contributed by atoms with E-state index >= 15 is 0 Å². The Morgan fingerprint density at radius 2 is 1.64 bits per heavy atom. The van der Waals surface area contributed by atoms with Crippen LogP contribution in [0.5, 0.6) is 11.5 Å². The van der Waals surface area contributed by atoms with Crippen molar-refractivity contribution >= 4 is 11.4 Å². The first kappa shape index (κ1) is 15.0. The van der Waals surface area contributed by atoms with Gasteiger partial charge in [0.25, 0.3) is 0 Å². The number of nitrogens with zero attached hydrogens (tertiary/aromatic N) is 1. The Kier molecular flexibility index (Phi) is 3.86. The molecule has 0 saturated heterocycles. The summed E-state index contributed by atoms with van der Waals surface area (Å²) in [4.78, 5) is 2.24. The topological polar surface area (TPSA) is 12.5 Å². The van der Waals surface area contributed by atoms with Crippen molar-refractivity contribution in [3.05, 3.63) is 47.5 Å². The molecule has 0 saturated carbocycles. The van der Waals surface area contributed by atoms with Crippen LogP contribution in [0, 0.1) is 0 Å². The van der Waals surface area contributed by atoms with Gasteiger partial charge >= 0.3 is 0 Å². The van der Waals surface area contributed by atoms with Crippen molar-refractivity contribution < 1.29 is 4.74 Å². The second kappa shape index (κ2) is 5.68. The lowest BCUT2D eigenvalue weighted by Gasteiger charge is -2.31. The van der Waals surface area contributed by atoms with Crippen LogP contribution in [-0.4, -0.2) is 7.05 Å². The Balaban J connectivity index is 2.02. The van der Waals surface area contributed by atoms with Crippen molar-refractivity contribution in [2.45, 2.75) is 46.0 Å². The maximum Gasteiger partial charge on any atom is 0.151 e. The van der Waals surface area contributed by atoms with Crippen molar-refractivity contribution in [2.24, 2.45) is 0 Å². The highest BCUT2D eigenvalue weighted by atomic mass is 16.5. The second-order valence-corrected chi connectivity index (χ2v) is 6.58. The summed E-state index contributed by atoms with van der Waals surface area (Å²) in [5, 5.41) is 0. The molecular formula is C20H25NO. The fraction of sp³-hybridized carbons (Fsp3) is 0.400. The summed E-state index contributed by atoms with van der Waals surface area (Å²) in [5.41, 5.74) is 4.97. The van der Waals surface area contributed by atoms with Crippen molar-refractivity contribution in [3.63, 3.8) is 0 Å². The highest BCUT2D eigenvalue weighted by Gasteiger charge is 2.23. The molecule has 3 rings (SSSR count). The predicted molar refractivity (Wildman–Crippen MR) is 93.8 cm³/mol. The molecule has 0 bridgehead atoms. The van der Waals surface area contributed by atoms with Gasteiger partial charge in [0, 0.05) is 7.05 Å². The van der Waals surface area contributed by atoms with Gasteiger partial charge in [0.15, 0.2) is 11.5 Å². The van der Waals surface area contributed by atoms with Gasteiger partial charge in [-0.05, 0) is 53.6 Å². The van der Waals surface area contributed by atoms with Gasteiger partial charge in [0.1, 0.15) is 0 Å². The van der Waals surface area contributed by atoms with Crippen LogP contribution in [0.4, 0.5) is 11.4 Å². The molecule has 1 atom stereocenters. The molecule has 0 aliphatic carbocycles. The first-order chi connectivity index (χ1) is 10.5. The minimum atomic E-state index is 0.521. The largest absolute Gasteiger partial charge is 0.453 e. The van der Waals surface area contributed by atoms with Crippen molar-refractivity contribution in [1.29, 1.82) is 0 Å². The quantitative estimate of drug-likeness (QED) is 0.668. The molecule has 2 aromatic rings. The number of rotatable bonds is 3. The second-order valence-electron chi connectivity index (χ2n) is 6.58. The summed E-state index contributed by atoms with van der Waals surface area (Å²) < 4.78 is 6.18. The average Bonchev–Trinajstić information content (AvgIpc) is 2.53. The molecule has 0 amide bonds. The third kappa shape index (κ3) is 2.47.